The fourth-order valence-electron chi connectivity index (χ4n) is 7.51. The molecule has 0 saturated heterocycles. The van der Waals surface area contributed by atoms with Crippen LogP contribution in [0.1, 0.15) is 11.1 Å². The van der Waals surface area contributed by atoms with E-state index in [2.05, 4.69) is 134 Å². The Morgan fingerprint density at radius 1 is 0.708 bits per heavy atom. The molecule has 0 amide bonds. The van der Waals surface area contributed by atoms with Crippen molar-refractivity contribution < 1.29 is 4.42 Å². The van der Waals surface area contributed by atoms with Gasteiger partial charge in [-0.1, -0.05) is 89.9 Å². The normalized spacial score (nSPS) is 12.1. The van der Waals surface area contributed by atoms with Crippen molar-refractivity contribution in [2.45, 2.75) is 13.8 Å². The second kappa shape index (κ2) is 10.2. The first kappa shape index (κ1) is 27.1. The molecule has 0 spiro atoms. The molecule has 0 saturated carbocycles. The van der Waals surface area contributed by atoms with Crippen molar-refractivity contribution in [2.24, 2.45) is 0 Å². The van der Waals surface area contributed by atoms with E-state index in [1.165, 1.54) is 54.7 Å². The molecule has 7 aromatic carbocycles. The van der Waals surface area contributed by atoms with E-state index in [0.717, 1.165) is 44.8 Å². The van der Waals surface area contributed by atoms with Crippen molar-refractivity contribution >= 4 is 73.3 Å². The van der Waals surface area contributed by atoms with Gasteiger partial charge >= 0.3 is 0 Å². The maximum absolute atomic E-state index is 6.39. The molecule has 0 unspecified atom stereocenters. The summed E-state index contributed by atoms with van der Waals surface area (Å²) in [6.45, 7) is 4.37. The van der Waals surface area contributed by atoms with E-state index in [-0.39, 0.29) is 0 Å². The van der Waals surface area contributed by atoms with E-state index in [1.54, 1.807) is 0 Å². The van der Waals surface area contributed by atoms with Gasteiger partial charge in [0.15, 0.2) is 12.9 Å². The van der Waals surface area contributed by atoms with Crippen LogP contribution in [0.2, 0.25) is 0 Å². The number of rotatable bonds is 4. The highest BCUT2D eigenvalue weighted by molar-refractivity contribution is 6.73. The first-order valence-electron chi connectivity index (χ1n) is 16.4. The Kier molecular flexibility index (Phi) is 5.77. The Morgan fingerprint density at radius 2 is 1.46 bits per heavy atom. The van der Waals surface area contributed by atoms with Gasteiger partial charge in [0.2, 0.25) is 5.89 Å². The molecule has 10 rings (SSSR count). The monoisotopic (exact) mass is 614 g/mol. The SMILES string of the molecule is Cc1ccc(Nc2ccccc2-c2cc(C)c3c4cc5ccccc5cc4n4c3c2[B]c2cc3oc(-c5ccccc5)nc3cc2-4)cc1. The molecule has 9 aromatic rings. The molecule has 48 heavy (non-hydrogen) atoms. The molecule has 1 radical (unpaired) electrons. The van der Waals surface area contributed by atoms with Crippen LogP contribution in [0.15, 0.2) is 138 Å². The minimum absolute atomic E-state index is 0.631. The van der Waals surface area contributed by atoms with Gasteiger partial charge in [0, 0.05) is 44.5 Å². The Hall–Kier alpha value is -6.07. The zero-order valence-corrected chi connectivity index (χ0v) is 26.6. The van der Waals surface area contributed by atoms with Crippen LogP contribution >= 0.6 is 0 Å². The van der Waals surface area contributed by atoms with Crippen molar-refractivity contribution in [2.75, 3.05) is 5.32 Å². The summed E-state index contributed by atoms with van der Waals surface area (Å²) in [5.74, 6) is 0.631. The van der Waals surface area contributed by atoms with Crippen LogP contribution in [0.25, 0.3) is 71.9 Å². The second-order valence-corrected chi connectivity index (χ2v) is 12.9. The Morgan fingerprint density at radius 3 is 2.29 bits per heavy atom. The van der Waals surface area contributed by atoms with E-state index >= 15 is 0 Å². The summed E-state index contributed by atoms with van der Waals surface area (Å²) in [4.78, 5) is 4.96. The Balaban J connectivity index is 1.26. The third-order valence-electron chi connectivity index (χ3n) is 9.78. The summed E-state index contributed by atoms with van der Waals surface area (Å²) in [7, 11) is 2.35. The van der Waals surface area contributed by atoms with Gasteiger partial charge in [-0.3, -0.25) is 0 Å². The minimum Gasteiger partial charge on any atom is -0.436 e. The molecule has 0 fully saturated rings. The lowest BCUT2D eigenvalue weighted by Gasteiger charge is -2.24. The van der Waals surface area contributed by atoms with Crippen LogP contribution in [0.5, 0.6) is 0 Å². The van der Waals surface area contributed by atoms with Gasteiger partial charge in [0.05, 0.1) is 5.52 Å². The van der Waals surface area contributed by atoms with Crippen molar-refractivity contribution in [3.05, 3.63) is 145 Å². The summed E-state index contributed by atoms with van der Waals surface area (Å²) in [6.07, 6.45) is 0. The zero-order valence-electron chi connectivity index (χ0n) is 26.6. The summed E-state index contributed by atoms with van der Waals surface area (Å²) in [6, 6.07) is 47.4. The number of nitrogens with zero attached hydrogens (tertiary/aromatic N) is 2. The first-order valence-corrected chi connectivity index (χ1v) is 16.4. The Bertz CT molecular complexity index is 2740. The van der Waals surface area contributed by atoms with Gasteiger partial charge in [0.1, 0.15) is 5.52 Å². The summed E-state index contributed by atoms with van der Waals surface area (Å²) < 4.78 is 8.85. The second-order valence-electron chi connectivity index (χ2n) is 12.9. The van der Waals surface area contributed by atoms with Crippen LogP contribution < -0.4 is 16.2 Å². The number of hydrogen-bond acceptors (Lipinski definition) is 3. The fraction of sp³-hybridized carbons (Fsp3) is 0.0465. The van der Waals surface area contributed by atoms with Gasteiger partial charge in [-0.15, -0.1) is 0 Å². The van der Waals surface area contributed by atoms with Crippen molar-refractivity contribution in [3.63, 3.8) is 0 Å². The molecular weight excluding hydrogens is 585 g/mol. The number of anilines is 2. The lowest BCUT2D eigenvalue weighted by atomic mass is 9.58. The molecule has 5 heteroatoms. The predicted octanol–water partition coefficient (Wildman–Crippen LogP) is 9.74. The zero-order chi connectivity index (χ0) is 31.9. The topological polar surface area (TPSA) is 43.0 Å². The Labute approximate surface area is 278 Å². The number of nitrogens with one attached hydrogen (secondary N) is 1. The van der Waals surface area contributed by atoms with Crippen LogP contribution in [0.3, 0.4) is 0 Å². The number of para-hydroxylation sites is 1. The van der Waals surface area contributed by atoms with Crippen molar-refractivity contribution in [1.82, 2.24) is 9.55 Å². The van der Waals surface area contributed by atoms with Crippen molar-refractivity contribution in [3.8, 4) is 28.3 Å². The molecule has 1 aliphatic rings. The van der Waals surface area contributed by atoms with Crippen LogP contribution in [0, 0.1) is 13.8 Å². The average Bonchev–Trinajstić information content (AvgIpc) is 3.69. The first-order chi connectivity index (χ1) is 23.6. The largest absolute Gasteiger partial charge is 0.436 e. The van der Waals surface area contributed by atoms with E-state index in [0.29, 0.717) is 5.89 Å². The van der Waals surface area contributed by atoms with Crippen LogP contribution in [-0.4, -0.2) is 16.8 Å². The van der Waals surface area contributed by atoms with Crippen molar-refractivity contribution in [1.29, 1.82) is 0 Å². The van der Waals surface area contributed by atoms with E-state index in [4.69, 9.17) is 9.40 Å². The molecule has 4 nitrogen and oxygen atoms in total. The van der Waals surface area contributed by atoms with Crippen LogP contribution in [-0.2, 0) is 0 Å². The lowest BCUT2D eigenvalue weighted by molar-refractivity contribution is 0.620. The number of hydrogen-bond donors (Lipinski definition) is 1. The van der Waals surface area contributed by atoms with E-state index in [9.17, 15) is 0 Å². The highest BCUT2D eigenvalue weighted by atomic mass is 16.3. The van der Waals surface area contributed by atoms with E-state index < -0.39 is 0 Å². The highest BCUT2D eigenvalue weighted by Gasteiger charge is 2.29. The average molecular weight is 615 g/mol. The third kappa shape index (κ3) is 4.07. The number of benzene rings is 7. The number of aryl methyl sites for hydroxylation is 2. The molecule has 1 aliphatic heterocycles. The summed E-state index contributed by atoms with van der Waals surface area (Å²) in [5.41, 5.74) is 15.4. The maximum Gasteiger partial charge on any atom is 0.227 e. The third-order valence-corrected chi connectivity index (χ3v) is 9.78. The molecule has 0 bridgehead atoms. The van der Waals surface area contributed by atoms with Gasteiger partial charge in [-0.25, -0.2) is 4.98 Å². The molecule has 225 valence electrons. The predicted molar refractivity (Wildman–Crippen MR) is 201 cm³/mol. The number of fused-ring (bicyclic) bond motifs is 7. The molecule has 3 heterocycles. The summed E-state index contributed by atoms with van der Waals surface area (Å²) in [5, 5.41) is 8.72. The lowest BCUT2D eigenvalue weighted by Crippen LogP contribution is -2.37. The van der Waals surface area contributed by atoms with Gasteiger partial charge in [0.25, 0.3) is 0 Å². The summed E-state index contributed by atoms with van der Waals surface area (Å²) >= 11 is 0. The molecule has 2 aromatic heterocycles. The molecular formula is C43H29BN3O. The van der Waals surface area contributed by atoms with E-state index in [1.807, 2.05) is 30.3 Å². The number of aromatic nitrogens is 2. The quantitative estimate of drug-likeness (QED) is 0.201. The maximum atomic E-state index is 6.39. The van der Waals surface area contributed by atoms with Gasteiger partial charge < -0.3 is 14.3 Å². The molecule has 1 N–H and O–H groups in total. The highest BCUT2D eigenvalue weighted by Crippen LogP contribution is 2.41. The molecule has 0 aliphatic carbocycles. The number of oxazole rings is 1. The smallest absolute Gasteiger partial charge is 0.227 e. The van der Waals surface area contributed by atoms with Gasteiger partial charge in [-0.2, -0.15) is 0 Å². The standard InChI is InChI=1S/C43H29BN3O/c1-25-16-18-30(19-17-25)45-35-15-9-8-14-31(35)32-20-26(2)40-33-21-28-12-6-7-13-29(28)22-37(33)47-38-24-36-39(23-34(38)44-41(32)42(40)47)48-43(46-36)27-10-4-3-5-11-27/h3-24,45H,1-2H3. The minimum atomic E-state index is 0.631. The van der Waals surface area contributed by atoms with Gasteiger partial charge in [-0.05, 0) is 95.8 Å². The molecule has 0 atom stereocenters. The van der Waals surface area contributed by atoms with Crippen LogP contribution in [0.4, 0.5) is 11.4 Å². The fourth-order valence-corrected chi connectivity index (χ4v) is 7.51.